The van der Waals surface area contributed by atoms with Crippen molar-refractivity contribution >= 4 is 23.9 Å². The quantitative estimate of drug-likeness (QED) is 0.201. The van der Waals surface area contributed by atoms with Gasteiger partial charge in [-0.25, -0.2) is 9.59 Å². The minimum absolute atomic E-state index is 0.0245. The molecule has 35 heavy (non-hydrogen) atoms. The second kappa shape index (κ2) is 13.5. The number of phenols is 1. The Labute approximate surface area is 200 Å². The summed E-state index contributed by atoms with van der Waals surface area (Å²) < 4.78 is 5.03. The molecule has 0 bridgehead atoms. The third-order valence-electron chi connectivity index (χ3n) is 4.81. The molecule has 0 aliphatic rings. The number of alkyl carbamates (subject to hydrolysis) is 1. The molecule has 0 saturated carbocycles. The first-order valence-electron chi connectivity index (χ1n) is 10.5. The number of carbonyl (C=O) groups excluding carboxylic acids is 3. The number of amides is 3. The van der Waals surface area contributed by atoms with E-state index in [4.69, 9.17) is 9.84 Å². The third kappa shape index (κ3) is 8.95. The molecule has 3 amide bonds. The van der Waals surface area contributed by atoms with Gasteiger partial charge in [0.05, 0.1) is 13.2 Å². The lowest BCUT2D eigenvalue weighted by Gasteiger charge is -2.23. The number of ether oxygens (including phenoxy) is 1. The van der Waals surface area contributed by atoms with E-state index in [-0.39, 0.29) is 18.8 Å². The van der Waals surface area contributed by atoms with E-state index >= 15 is 0 Å². The van der Waals surface area contributed by atoms with Crippen molar-refractivity contribution < 1.29 is 44.3 Å². The molecule has 0 radical (unpaired) electrons. The number of carboxylic acids is 1. The van der Waals surface area contributed by atoms with Crippen LogP contribution in [0.25, 0.3) is 0 Å². The van der Waals surface area contributed by atoms with Crippen molar-refractivity contribution in [1.82, 2.24) is 16.0 Å². The molecule has 3 atom stereocenters. The molecule has 12 nitrogen and oxygen atoms in total. The standard InChI is InChI=1S/C23H27N3O9/c27-11-18(26-23(34)35-13-15-4-2-1-3-5-15)21(31)24-17(10-14-6-8-16(29)9-7-14)20(30)25-19(12-28)22(32)33/h1-9,17-19,27-29H,10-13H2,(H,24,31)(H,25,30)(H,26,34)(H,32,33)/t17-,18-,19+/m0/s1. The number of carboxylic acid groups (broad SMARTS) is 1. The predicted octanol–water partition coefficient (Wildman–Crippen LogP) is -0.731. The second-order valence-corrected chi connectivity index (χ2v) is 7.45. The number of nitrogens with one attached hydrogen (secondary N) is 3. The monoisotopic (exact) mass is 489 g/mol. The van der Waals surface area contributed by atoms with Gasteiger partial charge in [-0.2, -0.15) is 0 Å². The second-order valence-electron chi connectivity index (χ2n) is 7.45. The molecule has 188 valence electrons. The lowest BCUT2D eigenvalue weighted by molar-refractivity contribution is -0.143. The van der Waals surface area contributed by atoms with Gasteiger partial charge in [-0.15, -0.1) is 0 Å². The molecule has 0 heterocycles. The summed E-state index contributed by atoms with van der Waals surface area (Å²) >= 11 is 0. The maximum absolute atomic E-state index is 12.7. The molecule has 2 aromatic carbocycles. The molecular formula is C23H27N3O9. The Hall–Kier alpha value is -4.16. The topological polar surface area (TPSA) is 195 Å². The fraction of sp³-hybridized carbons (Fsp3) is 0.304. The van der Waals surface area contributed by atoms with Crippen molar-refractivity contribution in [3.8, 4) is 5.75 Å². The van der Waals surface area contributed by atoms with Crippen LogP contribution in [0.3, 0.4) is 0 Å². The summed E-state index contributed by atoms with van der Waals surface area (Å²) in [5, 5.41) is 44.0. The van der Waals surface area contributed by atoms with E-state index in [1.54, 1.807) is 30.3 Å². The molecule has 0 spiro atoms. The van der Waals surface area contributed by atoms with Crippen LogP contribution in [0.1, 0.15) is 11.1 Å². The largest absolute Gasteiger partial charge is 0.508 e. The highest BCUT2D eigenvalue weighted by atomic mass is 16.5. The fourth-order valence-corrected chi connectivity index (χ4v) is 2.91. The molecule has 0 aliphatic carbocycles. The number of aliphatic hydroxyl groups excluding tert-OH is 2. The van der Waals surface area contributed by atoms with Gasteiger partial charge in [0.15, 0.2) is 0 Å². The van der Waals surface area contributed by atoms with Crippen LogP contribution in [0, 0.1) is 0 Å². The highest BCUT2D eigenvalue weighted by Gasteiger charge is 2.29. The van der Waals surface area contributed by atoms with Gasteiger partial charge in [0.2, 0.25) is 11.8 Å². The minimum Gasteiger partial charge on any atom is -0.508 e. The number of aliphatic carboxylic acids is 1. The van der Waals surface area contributed by atoms with Crippen molar-refractivity contribution in [3.05, 3.63) is 65.7 Å². The molecule has 2 aromatic rings. The Balaban J connectivity index is 2.07. The van der Waals surface area contributed by atoms with Gasteiger partial charge in [0.1, 0.15) is 30.5 Å². The zero-order valence-corrected chi connectivity index (χ0v) is 18.6. The van der Waals surface area contributed by atoms with Crippen LogP contribution in [0.2, 0.25) is 0 Å². The molecule has 0 fully saturated rings. The van der Waals surface area contributed by atoms with E-state index < -0.39 is 55.2 Å². The molecule has 0 aromatic heterocycles. The predicted molar refractivity (Wildman–Crippen MR) is 121 cm³/mol. The Morgan fingerprint density at radius 1 is 0.743 bits per heavy atom. The number of hydrogen-bond donors (Lipinski definition) is 7. The number of phenolic OH excluding ortho intramolecular Hbond substituents is 1. The Bertz CT molecular complexity index is 999. The number of carbonyl (C=O) groups is 4. The van der Waals surface area contributed by atoms with E-state index in [2.05, 4.69) is 16.0 Å². The van der Waals surface area contributed by atoms with E-state index in [9.17, 15) is 34.5 Å². The van der Waals surface area contributed by atoms with Crippen LogP contribution in [-0.4, -0.2) is 75.6 Å². The highest BCUT2D eigenvalue weighted by molar-refractivity contribution is 5.93. The van der Waals surface area contributed by atoms with E-state index in [0.717, 1.165) is 0 Å². The van der Waals surface area contributed by atoms with Crippen LogP contribution in [0.5, 0.6) is 5.75 Å². The average molecular weight is 489 g/mol. The summed E-state index contributed by atoms with van der Waals surface area (Å²) in [7, 11) is 0. The molecule has 7 N–H and O–H groups in total. The van der Waals surface area contributed by atoms with Gasteiger partial charge in [0.25, 0.3) is 0 Å². The summed E-state index contributed by atoms with van der Waals surface area (Å²) in [5.41, 5.74) is 1.21. The van der Waals surface area contributed by atoms with Gasteiger partial charge >= 0.3 is 12.1 Å². The van der Waals surface area contributed by atoms with Gasteiger partial charge in [-0.1, -0.05) is 42.5 Å². The van der Waals surface area contributed by atoms with Crippen LogP contribution < -0.4 is 16.0 Å². The SMILES string of the molecule is O=C(N[C@@H](CO)C(=O)N[C@@H](Cc1ccc(O)cc1)C(=O)N[C@H](CO)C(=O)O)OCc1ccccc1. The Kier molecular flexibility index (Phi) is 10.5. The van der Waals surface area contributed by atoms with Crippen molar-refractivity contribution in [2.45, 2.75) is 31.2 Å². The van der Waals surface area contributed by atoms with Crippen molar-refractivity contribution in [2.75, 3.05) is 13.2 Å². The lowest BCUT2D eigenvalue weighted by Crippen LogP contribution is -2.57. The Morgan fingerprint density at radius 2 is 1.31 bits per heavy atom. The van der Waals surface area contributed by atoms with Crippen molar-refractivity contribution in [1.29, 1.82) is 0 Å². The fourth-order valence-electron chi connectivity index (χ4n) is 2.91. The Morgan fingerprint density at radius 3 is 1.89 bits per heavy atom. The highest BCUT2D eigenvalue weighted by Crippen LogP contribution is 2.12. The maximum atomic E-state index is 12.7. The number of rotatable bonds is 12. The number of benzene rings is 2. The average Bonchev–Trinajstić information content (AvgIpc) is 2.85. The van der Waals surface area contributed by atoms with Gasteiger partial charge in [0, 0.05) is 6.42 Å². The minimum atomic E-state index is -1.61. The summed E-state index contributed by atoms with van der Waals surface area (Å²) in [5.74, 6) is -3.36. The zero-order chi connectivity index (χ0) is 25.8. The van der Waals surface area contributed by atoms with Crippen LogP contribution in [-0.2, 0) is 32.1 Å². The number of aliphatic hydroxyl groups is 2. The van der Waals surface area contributed by atoms with Crippen LogP contribution in [0.15, 0.2) is 54.6 Å². The molecule has 0 aliphatic heterocycles. The van der Waals surface area contributed by atoms with E-state index in [0.29, 0.717) is 11.1 Å². The number of hydrogen-bond acceptors (Lipinski definition) is 8. The van der Waals surface area contributed by atoms with Crippen LogP contribution >= 0.6 is 0 Å². The summed E-state index contributed by atoms with van der Waals surface area (Å²) in [6.07, 6.45) is -1.10. The van der Waals surface area contributed by atoms with Crippen molar-refractivity contribution in [2.24, 2.45) is 0 Å². The van der Waals surface area contributed by atoms with Crippen molar-refractivity contribution in [3.63, 3.8) is 0 Å². The number of aromatic hydroxyl groups is 1. The maximum Gasteiger partial charge on any atom is 0.408 e. The molecular weight excluding hydrogens is 462 g/mol. The zero-order valence-electron chi connectivity index (χ0n) is 18.6. The molecule has 0 unspecified atom stereocenters. The van der Waals surface area contributed by atoms with Gasteiger partial charge < -0.3 is 41.1 Å². The molecule has 0 saturated heterocycles. The first kappa shape index (κ1) is 27.1. The molecule has 12 heteroatoms. The van der Waals surface area contributed by atoms with Crippen LogP contribution in [0.4, 0.5) is 4.79 Å². The first-order chi connectivity index (χ1) is 16.7. The first-order valence-corrected chi connectivity index (χ1v) is 10.5. The third-order valence-corrected chi connectivity index (χ3v) is 4.81. The van der Waals surface area contributed by atoms with Gasteiger partial charge in [-0.3, -0.25) is 9.59 Å². The normalized spacial score (nSPS) is 13.1. The smallest absolute Gasteiger partial charge is 0.408 e. The summed E-state index contributed by atoms with van der Waals surface area (Å²) in [6.45, 7) is -1.76. The van der Waals surface area contributed by atoms with E-state index in [1.165, 1.54) is 24.3 Å². The molecule has 2 rings (SSSR count). The summed E-state index contributed by atoms with van der Waals surface area (Å²) in [6, 6.07) is 10.0. The van der Waals surface area contributed by atoms with Gasteiger partial charge in [-0.05, 0) is 23.3 Å². The van der Waals surface area contributed by atoms with E-state index in [1.807, 2.05) is 0 Å². The lowest BCUT2D eigenvalue weighted by atomic mass is 10.0. The summed E-state index contributed by atoms with van der Waals surface area (Å²) in [4.78, 5) is 48.6.